The van der Waals surface area contributed by atoms with E-state index in [-0.39, 0.29) is 0 Å². The highest BCUT2D eigenvalue weighted by atomic mass is 15.5. The van der Waals surface area contributed by atoms with Crippen molar-refractivity contribution in [1.82, 2.24) is 0 Å². The fourth-order valence-electron chi connectivity index (χ4n) is 3.52. The van der Waals surface area contributed by atoms with Crippen molar-refractivity contribution >= 4 is 11.4 Å². The molecule has 0 saturated carbocycles. The molecule has 0 spiro atoms. The van der Waals surface area contributed by atoms with Crippen LogP contribution in [0.5, 0.6) is 0 Å². The van der Waals surface area contributed by atoms with Crippen LogP contribution in [-0.2, 0) is 6.42 Å². The molecule has 0 radical (unpaired) electrons. The van der Waals surface area contributed by atoms with Gasteiger partial charge in [0, 0.05) is 12.0 Å². The Morgan fingerprint density at radius 3 is 2.20 bits per heavy atom. The maximum absolute atomic E-state index is 5.02. The number of anilines is 1. The van der Waals surface area contributed by atoms with E-state index in [2.05, 4.69) is 96.9 Å². The van der Waals surface area contributed by atoms with E-state index in [0.717, 1.165) is 18.5 Å². The summed E-state index contributed by atoms with van der Waals surface area (Å²) < 4.78 is 0. The van der Waals surface area contributed by atoms with E-state index in [0.29, 0.717) is 6.04 Å². The van der Waals surface area contributed by atoms with Crippen LogP contribution in [-0.4, -0.2) is 11.8 Å². The predicted molar refractivity (Wildman–Crippen MR) is 105 cm³/mol. The van der Waals surface area contributed by atoms with Crippen molar-refractivity contribution in [1.29, 1.82) is 0 Å². The lowest BCUT2D eigenvalue weighted by Crippen LogP contribution is -2.28. The summed E-state index contributed by atoms with van der Waals surface area (Å²) in [5.41, 5.74) is 6.25. The van der Waals surface area contributed by atoms with Crippen LogP contribution in [0.2, 0.25) is 0 Å². The molecule has 3 aromatic rings. The molecule has 0 N–H and O–H groups in total. The number of hydrazone groups is 1. The van der Waals surface area contributed by atoms with Crippen molar-refractivity contribution in [2.45, 2.75) is 25.8 Å². The minimum Gasteiger partial charge on any atom is -0.261 e. The van der Waals surface area contributed by atoms with Gasteiger partial charge < -0.3 is 0 Å². The first-order valence-corrected chi connectivity index (χ1v) is 8.83. The molecule has 0 fully saturated rings. The number of benzene rings is 3. The van der Waals surface area contributed by atoms with Gasteiger partial charge in [-0.2, -0.15) is 5.10 Å². The average Bonchev–Trinajstić information content (AvgIpc) is 3.07. The van der Waals surface area contributed by atoms with Gasteiger partial charge in [0.05, 0.1) is 17.4 Å². The van der Waals surface area contributed by atoms with E-state index in [1.165, 1.54) is 22.4 Å². The van der Waals surface area contributed by atoms with Crippen molar-refractivity contribution in [3.8, 4) is 0 Å². The van der Waals surface area contributed by atoms with Crippen molar-refractivity contribution in [2.24, 2.45) is 5.10 Å². The van der Waals surface area contributed by atoms with Gasteiger partial charge >= 0.3 is 0 Å². The van der Waals surface area contributed by atoms with E-state index < -0.39 is 0 Å². The van der Waals surface area contributed by atoms with Crippen molar-refractivity contribution < 1.29 is 0 Å². The summed E-state index contributed by atoms with van der Waals surface area (Å²) in [5, 5.41) is 7.22. The van der Waals surface area contributed by atoms with Gasteiger partial charge in [0.25, 0.3) is 0 Å². The molecular weight excluding hydrogens is 304 g/mol. The van der Waals surface area contributed by atoms with Crippen molar-refractivity contribution in [3.05, 3.63) is 102 Å². The highest BCUT2D eigenvalue weighted by Crippen LogP contribution is 2.29. The van der Waals surface area contributed by atoms with Crippen molar-refractivity contribution in [2.75, 3.05) is 5.01 Å². The molecule has 1 unspecified atom stereocenters. The van der Waals surface area contributed by atoms with Gasteiger partial charge in [-0.3, -0.25) is 5.01 Å². The van der Waals surface area contributed by atoms with E-state index in [1.54, 1.807) is 0 Å². The Hall–Kier alpha value is -2.87. The van der Waals surface area contributed by atoms with Crippen LogP contribution in [0.1, 0.15) is 23.1 Å². The van der Waals surface area contributed by atoms with E-state index in [1.807, 2.05) is 0 Å². The largest absolute Gasteiger partial charge is 0.261 e. The molecule has 2 nitrogen and oxygen atoms in total. The Bertz CT molecular complexity index is 869. The fraction of sp³-hybridized carbons (Fsp3) is 0.174. The minimum absolute atomic E-state index is 0.347. The molecule has 0 amide bonds. The number of hydrogen-bond donors (Lipinski definition) is 0. The van der Waals surface area contributed by atoms with E-state index in [4.69, 9.17) is 5.10 Å². The summed E-state index contributed by atoms with van der Waals surface area (Å²) in [6, 6.07) is 30.1. The second-order valence-corrected chi connectivity index (χ2v) is 6.59. The quantitative estimate of drug-likeness (QED) is 0.642. The lowest BCUT2D eigenvalue weighted by molar-refractivity contribution is 0.657. The number of aryl methyl sites for hydroxylation is 1. The molecule has 1 aliphatic heterocycles. The van der Waals surface area contributed by atoms with Gasteiger partial charge in [0.2, 0.25) is 0 Å². The maximum atomic E-state index is 5.02. The van der Waals surface area contributed by atoms with Crippen LogP contribution in [0.15, 0.2) is 90.0 Å². The van der Waals surface area contributed by atoms with Gasteiger partial charge in [0.1, 0.15) is 0 Å². The van der Waals surface area contributed by atoms with Gasteiger partial charge in [-0.15, -0.1) is 0 Å². The van der Waals surface area contributed by atoms with E-state index >= 15 is 0 Å². The van der Waals surface area contributed by atoms with Gasteiger partial charge in [-0.25, -0.2) is 0 Å². The smallest absolute Gasteiger partial charge is 0.0706 e. The molecule has 0 aromatic heterocycles. The van der Waals surface area contributed by atoms with Crippen LogP contribution in [0.25, 0.3) is 0 Å². The monoisotopic (exact) mass is 326 g/mol. The third-order valence-electron chi connectivity index (χ3n) is 4.79. The summed E-state index contributed by atoms with van der Waals surface area (Å²) in [5.74, 6) is 0. The summed E-state index contributed by atoms with van der Waals surface area (Å²) >= 11 is 0. The Balaban J connectivity index is 1.68. The summed E-state index contributed by atoms with van der Waals surface area (Å²) in [6.07, 6.45) is 1.96. The molecular formula is C23H22N2. The van der Waals surface area contributed by atoms with Crippen LogP contribution in [0.3, 0.4) is 0 Å². The van der Waals surface area contributed by atoms with Crippen LogP contribution >= 0.6 is 0 Å². The zero-order chi connectivity index (χ0) is 17.1. The summed E-state index contributed by atoms with van der Waals surface area (Å²) in [7, 11) is 0. The minimum atomic E-state index is 0.347. The number of nitrogens with zero attached hydrogens (tertiary/aromatic N) is 2. The molecule has 0 bridgehead atoms. The van der Waals surface area contributed by atoms with Crippen LogP contribution < -0.4 is 5.01 Å². The zero-order valence-corrected chi connectivity index (χ0v) is 14.5. The Morgan fingerprint density at radius 2 is 1.48 bits per heavy atom. The lowest BCUT2D eigenvalue weighted by atomic mass is 9.96. The molecule has 0 aliphatic carbocycles. The highest BCUT2D eigenvalue weighted by molar-refractivity contribution is 6.04. The zero-order valence-electron chi connectivity index (χ0n) is 14.5. The normalized spacial score (nSPS) is 16.8. The molecule has 3 aromatic carbocycles. The summed E-state index contributed by atoms with van der Waals surface area (Å²) in [4.78, 5) is 0. The average molecular weight is 326 g/mol. The molecule has 1 aliphatic rings. The highest BCUT2D eigenvalue weighted by Gasteiger charge is 2.29. The fourth-order valence-corrected chi connectivity index (χ4v) is 3.52. The Morgan fingerprint density at radius 1 is 0.840 bits per heavy atom. The van der Waals surface area contributed by atoms with Crippen LogP contribution in [0, 0.1) is 6.92 Å². The number of rotatable bonds is 4. The third-order valence-corrected chi connectivity index (χ3v) is 4.79. The second-order valence-electron chi connectivity index (χ2n) is 6.59. The molecule has 2 heteroatoms. The molecule has 1 atom stereocenters. The number of para-hydroxylation sites is 1. The number of hydrogen-bond acceptors (Lipinski definition) is 2. The first-order valence-electron chi connectivity index (χ1n) is 8.83. The Labute approximate surface area is 149 Å². The molecule has 1 heterocycles. The molecule has 4 rings (SSSR count). The first-order chi connectivity index (χ1) is 12.3. The lowest BCUT2D eigenvalue weighted by Gasteiger charge is -2.23. The molecule has 25 heavy (non-hydrogen) atoms. The van der Waals surface area contributed by atoms with Gasteiger partial charge in [0.15, 0.2) is 0 Å². The van der Waals surface area contributed by atoms with E-state index in [9.17, 15) is 0 Å². The maximum Gasteiger partial charge on any atom is 0.0706 e. The first kappa shape index (κ1) is 15.6. The molecule has 124 valence electrons. The summed E-state index contributed by atoms with van der Waals surface area (Å²) in [6.45, 7) is 2.16. The van der Waals surface area contributed by atoms with Crippen LogP contribution in [0.4, 0.5) is 5.69 Å². The topological polar surface area (TPSA) is 15.6 Å². The Kier molecular flexibility index (Phi) is 4.34. The van der Waals surface area contributed by atoms with Gasteiger partial charge in [-0.05, 0) is 36.6 Å². The predicted octanol–water partition coefficient (Wildman–Crippen LogP) is 5.22. The standard InChI is InChI=1S/C23H22N2/c1-18-10-8-9-15-22(18)23-17-21(16-19-11-4-2-5-12-19)25(24-23)20-13-6-3-7-14-20/h2-15,21H,16-17H2,1H3. The third kappa shape index (κ3) is 3.34. The second kappa shape index (κ2) is 6.94. The molecule has 0 saturated heterocycles. The van der Waals surface area contributed by atoms with Crippen molar-refractivity contribution in [3.63, 3.8) is 0 Å². The SMILES string of the molecule is Cc1ccccc1C1=NN(c2ccccc2)C(Cc2ccccc2)C1. The van der Waals surface area contributed by atoms with Gasteiger partial charge in [-0.1, -0.05) is 72.8 Å².